The van der Waals surface area contributed by atoms with Crippen LogP contribution in [0, 0.1) is 5.92 Å². The van der Waals surface area contributed by atoms with E-state index < -0.39 is 0 Å². The molecule has 0 unspecified atom stereocenters. The lowest BCUT2D eigenvalue weighted by Gasteiger charge is -2.22. The zero-order chi connectivity index (χ0) is 9.97. The average Bonchev–Trinajstić information content (AvgIpc) is 1.99. The van der Waals surface area contributed by atoms with Crippen LogP contribution in [0.15, 0.2) is 24.3 Å². The van der Waals surface area contributed by atoms with Crippen LogP contribution in [0.25, 0.3) is 0 Å². The molecule has 74 valence electrons. The van der Waals surface area contributed by atoms with Gasteiger partial charge < -0.3 is 4.74 Å². The molecule has 2 nitrogen and oxygen atoms in total. The average molecular weight is 211 g/mol. The summed E-state index contributed by atoms with van der Waals surface area (Å²) in [7, 11) is 0. The number of hydrogen-bond donors (Lipinski definition) is 0. The predicted octanol–water partition coefficient (Wildman–Crippen LogP) is 3.05. The molecule has 0 saturated heterocycles. The second-order valence-electron chi connectivity index (χ2n) is 3.51. The van der Waals surface area contributed by atoms with Crippen molar-refractivity contribution >= 4 is 17.6 Å². The highest BCUT2D eigenvalue weighted by Crippen LogP contribution is 2.28. The van der Waals surface area contributed by atoms with Crippen molar-refractivity contribution in [2.75, 3.05) is 0 Å². The third kappa shape index (κ3) is 2.07. The van der Waals surface area contributed by atoms with E-state index in [0.29, 0.717) is 10.8 Å². The molecule has 0 atom stereocenters. The molecule has 0 radical (unpaired) electrons. The molecule has 0 bridgehead atoms. The number of halogens is 1. The Hall–Kier alpha value is -1.02. The van der Waals surface area contributed by atoms with Gasteiger partial charge in [0.05, 0.1) is 5.92 Å². The second-order valence-corrected chi connectivity index (χ2v) is 3.94. The first-order chi connectivity index (χ1) is 6.75. The smallest absolute Gasteiger partial charge is 0.314 e. The SMILES string of the molecule is O=C(Oc1cccc(Cl)c1)C1CCC1. The van der Waals surface area contributed by atoms with Crippen LogP contribution in [0.2, 0.25) is 5.02 Å². The summed E-state index contributed by atoms with van der Waals surface area (Å²) in [6, 6.07) is 6.91. The molecule has 1 fully saturated rings. The van der Waals surface area contributed by atoms with Crippen molar-refractivity contribution in [3.05, 3.63) is 29.3 Å². The molecular weight excluding hydrogens is 200 g/mol. The molecule has 14 heavy (non-hydrogen) atoms. The highest BCUT2D eigenvalue weighted by Gasteiger charge is 2.26. The van der Waals surface area contributed by atoms with Crippen molar-refractivity contribution in [3.8, 4) is 5.75 Å². The van der Waals surface area contributed by atoms with E-state index in [1.165, 1.54) is 0 Å². The van der Waals surface area contributed by atoms with Gasteiger partial charge in [0, 0.05) is 5.02 Å². The molecule has 0 amide bonds. The van der Waals surface area contributed by atoms with Crippen molar-refractivity contribution in [3.63, 3.8) is 0 Å². The van der Waals surface area contributed by atoms with Crippen LogP contribution in [0.5, 0.6) is 5.75 Å². The van der Waals surface area contributed by atoms with E-state index >= 15 is 0 Å². The van der Waals surface area contributed by atoms with E-state index in [-0.39, 0.29) is 11.9 Å². The summed E-state index contributed by atoms with van der Waals surface area (Å²) in [6.45, 7) is 0. The Labute approximate surface area is 87.8 Å². The number of benzene rings is 1. The van der Waals surface area contributed by atoms with Gasteiger partial charge in [-0.2, -0.15) is 0 Å². The summed E-state index contributed by atoms with van der Waals surface area (Å²) in [5.74, 6) is 0.516. The molecule has 2 rings (SSSR count). The molecule has 1 aromatic carbocycles. The second kappa shape index (κ2) is 4.01. The van der Waals surface area contributed by atoms with Gasteiger partial charge in [0.1, 0.15) is 5.75 Å². The largest absolute Gasteiger partial charge is 0.426 e. The fourth-order valence-corrected chi connectivity index (χ4v) is 1.55. The monoisotopic (exact) mass is 210 g/mol. The van der Waals surface area contributed by atoms with Gasteiger partial charge in [0.2, 0.25) is 0 Å². The lowest BCUT2D eigenvalue weighted by atomic mass is 9.86. The third-order valence-electron chi connectivity index (χ3n) is 2.45. The van der Waals surface area contributed by atoms with E-state index in [1.807, 2.05) is 0 Å². The number of esters is 1. The van der Waals surface area contributed by atoms with Crippen LogP contribution in [-0.2, 0) is 4.79 Å². The van der Waals surface area contributed by atoms with Crippen molar-refractivity contribution < 1.29 is 9.53 Å². The van der Waals surface area contributed by atoms with Crippen LogP contribution in [-0.4, -0.2) is 5.97 Å². The summed E-state index contributed by atoms with van der Waals surface area (Å²) in [4.78, 5) is 11.4. The number of carbonyl (C=O) groups excluding carboxylic acids is 1. The van der Waals surface area contributed by atoms with Crippen LogP contribution < -0.4 is 4.74 Å². The summed E-state index contributed by atoms with van der Waals surface area (Å²) >= 11 is 5.76. The van der Waals surface area contributed by atoms with Crippen molar-refractivity contribution in [1.29, 1.82) is 0 Å². The van der Waals surface area contributed by atoms with Gasteiger partial charge in [-0.05, 0) is 31.0 Å². The maximum Gasteiger partial charge on any atom is 0.314 e. The van der Waals surface area contributed by atoms with E-state index in [4.69, 9.17) is 16.3 Å². The van der Waals surface area contributed by atoms with Crippen LogP contribution >= 0.6 is 11.6 Å². The first-order valence-corrected chi connectivity index (χ1v) is 5.11. The van der Waals surface area contributed by atoms with Crippen molar-refractivity contribution in [2.24, 2.45) is 5.92 Å². The van der Waals surface area contributed by atoms with Crippen LogP contribution in [0.3, 0.4) is 0 Å². The zero-order valence-electron chi connectivity index (χ0n) is 7.70. The van der Waals surface area contributed by atoms with Gasteiger partial charge in [-0.3, -0.25) is 4.79 Å². The summed E-state index contributed by atoms with van der Waals surface area (Å²) in [6.07, 6.45) is 3.05. The minimum atomic E-state index is -0.126. The van der Waals surface area contributed by atoms with Gasteiger partial charge in [0.25, 0.3) is 0 Å². The summed E-state index contributed by atoms with van der Waals surface area (Å²) in [5.41, 5.74) is 0. The lowest BCUT2D eigenvalue weighted by molar-refractivity contribution is -0.141. The van der Waals surface area contributed by atoms with E-state index in [2.05, 4.69) is 0 Å². The van der Waals surface area contributed by atoms with Crippen LogP contribution in [0.4, 0.5) is 0 Å². The molecule has 0 N–H and O–H groups in total. The lowest BCUT2D eigenvalue weighted by Crippen LogP contribution is -2.26. The van der Waals surface area contributed by atoms with Crippen molar-refractivity contribution in [1.82, 2.24) is 0 Å². The summed E-state index contributed by atoms with van der Waals surface area (Å²) in [5, 5.41) is 0.587. The Bertz CT molecular complexity index is 345. The number of rotatable bonds is 2. The number of ether oxygens (including phenoxy) is 1. The summed E-state index contributed by atoms with van der Waals surface area (Å²) < 4.78 is 5.18. The van der Waals surface area contributed by atoms with E-state index in [0.717, 1.165) is 19.3 Å². The molecule has 0 aliphatic heterocycles. The Kier molecular flexibility index (Phi) is 2.73. The molecular formula is C11H11ClO2. The number of carbonyl (C=O) groups is 1. The van der Waals surface area contributed by atoms with Gasteiger partial charge in [-0.25, -0.2) is 0 Å². The molecule has 0 spiro atoms. The first kappa shape index (κ1) is 9.53. The topological polar surface area (TPSA) is 26.3 Å². The van der Waals surface area contributed by atoms with E-state index in [9.17, 15) is 4.79 Å². The minimum Gasteiger partial charge on any atom is -0.426 e. The standard InChI is InChI=1S/C11H11ClO2/c12-9-5-2-6-10(7-9)14-11(13)8-3-1-4-8/h2,5-8H,1,3-4H2. The fraction of sp³-hybridized carbons (Fsp3) is 0.364. The fourth-order valence-electron chi connectivity index (χ4n) is 1.37. The molecule has 1 aliphatic carbocycles. The Morgan fingerprint density at radius 2 is 2.21 bits per heavy atom. The van der Waals surface area contributed by atoms with E-state index in [1.54, 1.807) is 24.3 Å². The maximum atomic E-state index is 11.4. The molecule has 0 aromatic heterocycles. The van der Waals surface area contributed by atoms with Gasteiger partial charge >= 0.3 is 5.97 Å². The minimum absolute atomic E-state index is 0.106. The Morgan fingerprint density at radius 3 is 2.79 bits per heavy atom. The number of hydrogen-bond acceptors (Lipinski definition) is 2. The van der Waals surface area contributed by atoms with Gasteiger partial charge in [-0.15, -0.1) is 0 Å². The highest BCUT2D eigenvalue weighted by atomic mass is 35.5. The zero-order valence-corrected chi connectivity index (χ0v) is 8.46. The Morgan fingerprint density at radius 1 is 1.43 bits per heavy atom. The molecule has 1 saturated carbocycles. The third-order valence-corrected chi connectivity index (χ3v) is 2.69. The van der Waals surface area contributed by atoms with Crippen molar-refractivity contribution in [2.45, 2.75) is 19.3 Å². The van der Waals surface area contributed by atoms with Crippen LogP contribution in [0.1, 0.15) is 19.3 Å². The quantitative estimate of drug-likeness (QED) is 0.554. The first-order valence-electron chi connectivity index (χ1n) is 4.73. The highest BCUT2D eigenvalue weighted by molar-refractivity contribution is 6.30. The maximum absolute atomic E-state index is 11.4. The van der Waals surface area contributed by atoms with Gasteiger partial charge in [-0.1, -0.05) is 24.1 Å². The molecule has 3 heteroatoms. The molecule has 0 heterocycles. The molecule has 1 aliphatic rings. The Balaban J connectivity index is 1.99. The normalized spacial score (nSPS) is 16.1. The predicted molar refractivity (Wildman–Crippen MR) is 54.4 cm³/mol. The molecule has 1 aromatic rings. The van der Waals surface area contributed by atoms with Gasteiger partial charge in [0.15, 0.2) is 0 Å².